The van der Waals surface area contributed by atoms with Crippen molar-refractivity contribution in [3.05, 3.63) is 41.3 Å². The molecule has 0 radical (unpaired) electrons. The van der Waals surface area contributed by atoms with Gasteiger partial charge in [-0.05, 0) is 18.2 Å². The number of para-hydroxylation sites is 1. The molecule has 0 spiro atoms. The van der Waals surface area contributed by atoms with Crippen molar-refractivity contribution in [2.75, 3.05) is 25.0 Å². The van der Waals surface area contributed by atoms with Gasteiger partial charge >= 0.3 is 5.97 Å². The van der Waals surface area contributed by atoms with Crippen LogP contribution in [0.2, 0.25) is 0 Å². The first-order valence-electron chi connectivity index (χ1n) is 9.02. The zero-order valence-electron chi connectivity index (χ0n) is 15.8. The van der Waals surface area contributed by atoms with E-state index >= 15 is 0 Å². The van der Waals surface area contributed by atoms with E-state index in [9.17, 15) is 9.59 Å². The van der Waals surface area contributed by atoms with Crippen molar-refractivity contribution in [2.45, 2.75) is 12.8 Å². The summed E-state index contributed by atoms with van der Waals surface area (Å²) in [6.45, 7) is -0.0374. The summed E-state index contributed by atoms with van der Waals surface area (Å²) >= 11 is 2.68. The molecule has 8 nitrogen and oxygen atoms in total. The van der Waals surface area contributed by atoms with Crippen LogP contribution in [0, 0.1) is 22.7 Å². The normalized spacial score (nSPS) is 10.2. The van der Waals surface area contributed by atoms with Gasteiger partial charge in [0.1, 0.15) is 8.89 Å². The number of fused-ring (bicyclic) bond motifs is 1. The molecule has 1 amide bonds. The number of thiazole rings is 1. The van der Waals surface area contributed by atoms with Crippen LogP contribution in [-0.4, -0.2) is 41.5 Å². The Hall–Kier alpha value is -3.47. The van der Waals surface area contributed by atoms with E-state index in [1.165, 1.54) is 27.6 Å². The largest absolute Gasteiger partial charge is 0.451 e. The Morgan fingerprint density at radius 3 is 2.43 bits per heavy atom. The number of anilines is 2. The number of benzene rings is 1. The average Bonchev–Trinajstić information content (AvgIpc) is 3.31. The SMILES string of the molecule is N#CCCN(CCC#N)C(=O)COC(=O)c1cc2nc(Nc3ccccc3)sc2s1. The molecule has 10 heteroatoms. The number of carbonyl (C=O) groups is 2. The Balaban J connectivity index is 1.58. The fourth-order valence-electron chi connectivity index (χ4n) is 2.56. The van der Waals surface area contributed by atoms with Crippen LogP contribution in [0.1, 0.15) is 22.5 Å². The molecule has 0 atom stereocenters. The molecule has 3 aromatic rings. The number of amides is 1. The molecule has 152 valence electrons. The lowest BCUT2D eigenvalue weighted by molar-refractivity contribution is -0.134. The first-order chi connectivity index (χ1) is 14.6. The van der Waals surface area contributed by atoms with Crippen LogP contribution in [0.4, 0.5) is 10.8 Å². The second kappa shape index (κ2) is 10.3. The predicted molar refractivity (Wildman–Crippen MR) is 115 cm³/mol. The minimum Gasteiger partial charge on any atom is -0.451 e. The van der Waals surface area contributed by atoms with Crippen molar-refractivity contribution in [1.82, 2.24) is 9.88 Å². The van der Waals surface area contributed by atoms with Crippen molar-refractivity contribution in [3.63, 3.8) is 0 Å². The summed E-state index contributed by atoms with van der Waals surface area (Å²) in [6.07, 6.45) is 0.300. The van der Waals surface area contributed by atoms with E-state index in [1.54, 1.807) is 6.07 Å². The second-order valence-electron chi connectivity index (χ2n) is 6.07. The molecule has 3 rings (SSSR count). The zero-order chi connectivity index (χ0) is 21.3. The minimum absolute atomic E-state index is 0.150. The standard InChI is InChI=1S/C20H17N5O3S2/c21-8-4-10-25(11-5-9-22)17(26)13-28-18(27)16-12-15-19(29-16)30-20(24-15)23-14-6-2-1-3-7-14/h1-3,6-7,12H,4-5,10-11,13H2,(H,23,24). The van der Waals surface area contributed by atoms with E-state index in [-0.39, 0.29) is 25.9 Å². The maximum absolute atomic E-state index is 12.3. The summed E-state index contributed by atoms with van der Waals surface area (Å²) in [5, 5.41) is 21.3. The van der Waals surface area contributed by atoms with E-state index in [2.05, 4.69) is 10.3 Å². The molecule has 0 saturated carbocycles. The Morgan fingerprint density at radius 2 is 1.80 bits per heavy atom. The first-order valence-corrected chi connectivity index (χ1v) is 10.6. The summed E-state index contributed by atoms with van der Waals surface area (Å²) in [4.78, 5) is 30.8. The van der Waals surface area contributed by atoms with Gasteiger partial charge in [0, 0.05) is 18.8 Å². The number of aromatic nitrogens is 1. The van der Waals surface area contributed by atoms with E-state index in [4.69, 9.17) is 15.3 Å². The lowest BCUT2D eigenvalue weighted by Gasteiger charge is -2.19. The number of thiophene rings is 1. The third-order valence-corrected chi connectivity index (χ3v) is 6.16. The molecule has 0 bridgehead atoms. The Labute approximate surface area is 180 Å². The fraction of sp³-hybridized carbons (Fsp3) is 0.250. The van der Waals surface area contributed by atoms with Gasteiger partial charge in [-0.15, -0.1) is 11.3 Å². The number of esters is 1. The predicted octanol–water partition coefficient (Wildman–Crippen LogP) is 3.91. The van der Waals surface area contributed by atoms with Gasteiger partial charge in [-0.2, -0.15) is 10.5 Å². The van der Waals surface area contributed by atoms with Crippen LogP contribution in [0.15, 0.2) is 36.4 Å². The maximum Gasteiger partial charge on any atom is 0.348 e. The van der Waals surface area contributed by atoms with E-state index in [1.807, 2.05) is 42.5 Å². The van der Waals surface area contributed by atoms with Crippen molar-refractivity contribution < 1.29 is 14.3 Å². The summed E-state index contributed by atoms with van der Waals surface area (Å²) in [5.74, 6) is -1.03. The van der Waals surface area contributed by atoms with Gasteiger partial charge in [0.15, 0.2) is 11.7 Å². The molecule has 0 unspecified atom stereocenters. The Bertz CT molecular complexity index is 1060. The topological polar surface area (TPSA) is 119 Å². The highest BCUT2D eigenvalue weighted by atomic mass is 32.2. The fourth-order valence-corrected chi connectivity index (χ4v) is 4.65. The van der Waals surface area contributed by atoms with E-state index < -0.39 is 18.5 Å². The van der Waals surface area contributed by atoms with Crippen LogP contribution in [0.3, 0.4) is 0 Å². The van der Waals surface area contributed by atoms with Gasteiger partial charge in [0.25, 0.3) is 5.91 Å². The van der Waals surface area contributed by atoms with Crippen LogP contribution in [-0.2, 0) is 9.53 Å². The molecule has 0 fully saturated rings. The number of hydrogen-bond donors (Lipinski definition) is 1. The third-order valence-electron chi connectivity index (χ3n) is 3.98. The first kappa shape index (κ1) is 21.2. The van der Waals surface area contributed by atoms with E-state index in [0.717, 1.165) is 14.8 Å². The van der Waals surface area contributed by atoms with Gasteiger partial charge < -0.3 is 15.0 Å². The molecule has 2 heterocycles. The molecular formula is C20H17N5O3S2. The van der Waals surface area contributed by atoms with E-state index in [0.29, 0.717) is 10.4 Å². The molecule has 2 aromatic heterocycles. The highest BCUT2D eigenvalue weighted by molar-refractivity contribution is 7.40. The van der Waals surface area contributed by atoms with Crippen molar-refractivity contribution in [2.24, 2.45) is 0 Å². The average molecular weight is 440 g/mol. The molecule has 0 aliphatic rings. The third kappa shape index (κ3) is 5.54. The molecule has 0 aliphatic carbocycles. The van der Waals surface area contributed by atoms with Crippen LogP contribution in [0.5, 0.6) is 0 Å². The number of nitrogens with zero attached hydrogens (tertiary/aromatic N) is 4. The summed E-state index contributed by atoms with van der Waals surface area (Å²) in [7, 11) is 0. The number of rotatable bonds is 9. The summed E-state index contributed by atoms with van der Waals surface area (Å²) in [5.41, 5.74) is 1.61. The monoisotopic (exact) mass is 439 g/mol. The molecule has 30 heavy (non-hydrogen) atoms. The van der Waals surface area contributed by atoms with Crippen molar-refractivity contribution in [3.8, 4) is 12.1 Å². The number of carbonyl (C=O) groups excluding carboxylic acids is 2. The minimum atomic E-state index is -0.600. The van der Waals surface area contributed by atoms with Crippen LogP contribution < -0.4 is 5.32 Å². The quantitative estimate of drug-likeness (QED) is 0.502. The van der Waals surface area contributed by atoms with Gasteiger partial charge in [-0.25, -0.2) is 9.78 Å². The Kier molecular flexibility index (Phi) is 7.33. The van der Waals surface area contributed by atoms with Crippen LogP contribution >= 0.6 is 22.7 Å². The maximum atomic E-state index is 12.3. The highest BCUT2D eigenvalue weighted by Crippen LogP contribution is 2.34. The van der Waals surface area contributed by atoms with Crippen molar-refractivity contribution >= 4 is 54.9 Å². The Morgan fingerprint density at radius 1 is 1.10 bits per heavy atom. The summed E-state index contributed by atoms with van der Waals surface area (Å²) in [6, 6.07) is 15.2. The number of ether oxygens (including phenoxy) is 1. The number of nitriles is 2. The summed E-state index contributed by atoms with van der Waals surface area (Å²) < 4.78 is 6.00. The van der Waals surface area contributed by atoms with Gasteiger partial charge in [0.2, 0.25) is 0 Å². The smallest absolute Gasteiger partial charge is 0.348 e. The number of nitrogens with one attached hydrogen (secondary N) is 1. The second-order valence-corrected chi connectivity index (χ2v) is 8.38. The lowest BCUT2D eigenvalue weighted by atomic mass is 10.3. The van der Waals surface area contributed by atoms with Gasteiger partial charge in [-0.1, -0.05) is 29.5 Å². The van der Waals surface area contributed by atoms with Gasteiger partial charge in [-0.3, -0.25) is 4.79 Å². The lowest BCUT2D eigenvalue weighted by Crippen LogP contribution is -2.36. The number of hydrogen-bond acceptors (Lipinski definition) is 9. The van der Waals surface area contributed by atoms with Crippen molar-refractivity contribution in [1.29, 1.82) is 10.5 Å². The zero-order valence-corrected chi connectivity index (χ0v) is 17.5. The molecule has 0 aliphatic heterocycles. The molecule has 1 aromatic carbocycles. The highest BCUT2D eigenvalue weighted by Gasteiger charge is 2.19. The van der Waals surface area contributed by atoms with Crippen LogP contribution in [0.25, 0.3) is 9.53 Å². The van der Waals surface area contributed by atoms with Gasteiger partial charge in [0.05, 0.1) is 30.5 Å². The molecule has 1 N–H and O–H groups in total. The molecule has 0 saturated heterocycles. The molecular weight excluding hydrogens is 422 g/mol.